The van der Waals surface area contributed by atoms with Crippen molar-refractivity contribution in [2.45, 2.75) is 45.1 Å². The molecule has 1 fully saturated rings. The van der Waals surface area contributed by atoms with Crippen molar-refractivity contribution in [2.75, 3.05) is 0 Å². The molecule has 0 heterocycles. The van der Waals surface area contributed by atoms with E-state index in [0.29, 0.717) is 5.41 Å². The second-order valence-electron chi connectivity index (χ2n) is 5.86. The molecular weight excluding hydrogens is 218 g/mol. The van der Waals surface area contributed by atoms with Gasteiger partial charge in [-0.2, -0.15) is 0 Å². The number of hydrogen-bond acceptors (Lipinski definition) is 1. The molecule has 0 spiro atoms. The summed E-state index contributed by atoms with van der Waals surface area (Å²) < 4.78 is 0. The van der Waals surface area contributed by atoms with Crippen molar-refractivity contribution in [3.05, 3.63) is 34.9 Å². The second-order valence-corrected chi connectivity index (χ2v) is 6.30. The molecule has 0 saturated heterocycles. The van der Waals surface area contributed by atoms with Gasteiger partial charge < -0.3 is 5.73 Å². The number of hydrogen-bond donors (Lipinski definition) is 1. The zero-order valence-electron chi connectivity index (χ0n) is 10.1. The summed E-state index contributed by atoms with van der Waals surface area (Å²) in [6, 6.07) is 8.02. The van der Waals surface area contributed by atoms with Gasteiger partial charge in [-0.05, 0) is 42.4 Å². The summed E-state index contributed by atoms with van der Waals surface area (Å²) in [6.07, 6.45) is 4.58. The normalized spacial score (nSPS) is 29.0. The van der Waals surface area contributed by atoms with Crippen LogP contribution in [0.1, 0.15) is 45.1 Å². The minimum absolute atomic E-state index is 0.188. The first-order valence-electron chi connectivity index (χ1n) is 5.96. The van der Waals surface area contributed by atoms with Crippen LogP contribution in [0.4, 0.5) is 0 Å². The number of benzene rings is 1. The molecule has 0 amide bonds. The average molecular weight is 238 g/mol. The van der Waals surface area contributed by atoms with Gasteiger partial charge in [-0.15, -0.1) is 0 Å². The molecule has 1 aromatic carbocycles. The smallest absolute Gasteiger partial charge is 0.0415 e. The van der Waals surface area contributed by atoms with E-state index in [2.05, 4.69) is 19.9 Å². The van der Waals surface area contributed by atoms with Gasteiger partial charge in [0.25, 0.3) is 0 Å². The molecule has 0 aromatic heterocycles. The largest absolute Gasteiger partial charge is 0.321 e. The van der Waals surface area contributed by atoms with E-state index in [9.17, 15) is 0 Å². The van der Waals surface area contributed by atoms with Crippen LogP contribution in [-0.4, -0.2) is 0 Å². The van der Waals surface area contributed by atoms with Crippen molar-refractivity contribution in [2.24, 2.45) is 11.1 Å². The van der Waals surface area contributed by atoms with Crippen molar-refractivity contribution >= 4 is 11.6 Å². The Bertz CT molecular complexity index is 386. The van der Waals surface area contributed by atoms with Crippen LogP contribution in [0.25, 0.3) is 0 Å². The minimum atomic E-state index is -0.188. The lowest BCUT2D eigenvalue weighted by Crippen LogP contribution is -2.44. The highest BCUT2D eigenvalue weighted by molar-refractivity contribution is 6.30. The lowest BCUT2D eigenvalue weighted by atomic mass is 9.66. The zero-order chi connectivity index (χ0) is 11.8. The average Bonchev–Trinajstić information content (AvgIpc) is 2.15. The summed E-state index contributed by atoms with van der Waals surface area (Å²) in [6.45, 7) is 4.61. The Kier molecular flexibility index (Phi) is 3.02. The monoisotopic (exact) mass is 237 g/mol. The van der Waals surface area contributed by atoms with E-state index in [4.69, 9.17) is 17.3 Å². The molecule has 1 aromatic rings. The molecule has 2 heteroatoms. The lowest BCUT2D eigenvalue weighted by Gasteiger charge is -2.43. The maximum atomic E-state index is 6.57. The van der Waals surface area contributed by atoms with Crippen molar-refractivity contribution in [1.82, 2.24) is 0 Å². The summed E-state index contributed by atoms with van der Waals surface area (Å²) in [5.41, 5.74) is 7.91. The van der Waals surface area contributed by atoms with Crippen LogP contribution in [0, 0.1) is 5.41 Å². The van der Waals surface area contributed by atoms with Crippen molar-refractivity contribution in [1.29, 1.82) is 0 Å². The lowest BCUT2D eigenvalue weighted by molar-refractivity contribution is 0.151. The summed E-state index contributed by atoms with van der Waals surface area (Å²) in [5, 5.41) is 0.783. The summed E-state index contributed by atoms with van der Waals surface area (Å²) in [4.78, 5) is 0. The van der Waals surface area contributed by atoms with Gasteiger partial charge in [-0.1, -0.05) is 44.0 Å². The van der Waals surface area contributed by atoms with E-state index in [1.54, 1.807) is 0 Å². The van der Waals surface area contributed by atoms with Gasteiger partial charge in [0, 0.05) is 10.6 Å². The van der Waals surface area contributed by atoms with Crippen LogP contribution >= 0.6 is 11.6 Å². The van der Waals surface area contributed by atoms with Crippen molar-refractivity contribution in [3.8, 4) is 0 Å². The van der Waals surface area contributed by atoms with Crippen molar-refractivity contribution in [3.63, 3.8) is 0 Å². The summed E-state index contributed by atoms with van der Waals surface area (Å²) in [5.74, 6) is 0. The van der Waals surface area contributed by atoms with E-state index in [1.807, 2.05) is 18.2 Å². The number of rotatable bonds is 1. The van der Waals surface area contributed by atoms with Crippen LogP contribution in [0.5, 0.6) is 0 Å². The highest BCUT2D eigenvalue weighted by Gasteiger charge is 2.38. The number of nitrogens with two attached hydrogens (primary N) is 1. The molecule has 1 aliphatic rings. The molecule has 0 radical (unpaired) electrons. The molecule has 2 N–H and O–H groups in total. The zero-order valence-corrected chi connectivity index (χ0v) is 10.8. The van der Waals surface area contributed by atoms with Gasteiger partial charge in [0.1, 0.15) is 0 Å². The molecule has 1 nitrogen and oxygen atoms in total. The first-order chi connectivity index (χ1) is 7.41. The Labute approximate surface area is 103 Å². The molecular formula is C14H20ClN. The Hall–Kier alpha value is -0.530. The van der Waals surface area contributed by atoms with Crippen LogP contribution in [0.2, 0.25) is 5.02 Å². The maximum absolute atomic E-state index is 6.57. The van der Waals surface area contributed by atoms with Crippen LogP contribution in [-0.2, 0) is 5.54 Å². The Morgan fingerprint density at radius 3 is 2.62 bits per heavy atom. The predicted octanol–water partition coefficient (Wildman–Crippen LogP) is 4.09. The molecule has 0 aliphatic heterocycles. The van der Waals surface area contributed by atoms with Gasteiger partial charge in [-0.3, -0.25) is 0 Å². The first kappa shape index (κ1) is 11.9. The maximum Gasteiger partial charge on any atom is 0.0415 e. The first-order valence-corrected chi connectivity index (χ1v) is 6.34. The third-order valence-electron chi connectivity index (χ3n) is 3.67. The van der Waals surface area contributed by atoms with Crippen LogP contribution in [0.3, 0.4) is 0 Å². The second kappa shape index (κ2) is 4.05. The molecule has 1 aliphatic carbocycles. The summed E-state index contributed by atoms with van der Waals surface area (Å²) >= 11 is 6.04. The van der Waals surface area contributed by atoms with E-state index in [1.165, 1.54) is 18.4 Å². The Morgan fingerprint density at radius 2 is 2.00 bits per heavy atom. The van der Waals surface area contributed by atoms with Gasteiger partial charge >= 0.3 is 0 Å². The third kappa shape index (κ3) is 2.41. The Balaban J connectivity index is 2.31. The fourth-order valence-corrected chi connectivity index (χ4v) is 3.15. The molecule has 16 heavy (non-hydrogen) atoms. The third-order valence-corrected chi connectivity index (χ3v) is 3.91. The van der Waals surface area contributed by atoms with E-state index >= 15 is 0 Å². The van der Waals surface area contributed by atoms with E-state index in [0.717, 1.165) is 17.9 Å². The van der Waals surface area contributed by atoms with Crippen LogP contribution < -0.4 is 5.73 Å². The van der Waals surface area contributed by atoms with E-state index < -0.39 is 0 Å². The van der Waals surface area contributed by atoms with E-state index in [-0.39, 0.29) is 5.54 Å². The molecule has 2 rings (SSSR count). The van der Waals surface area contributed by atoms with Crippen LogP contribution in [0.15, 0.2) is 24.3 Å². The molecule has 0 bridgehead atoms. The van der Waals surface area contributed by atoms with Gasteiger partial charge in [0.05, 0.1) is 0 Å². The molecule has 1 atom stereocenters. The molecule has 1 saturated carbocycles. The molecule has 1 unspecified atom stereocenters. The minimum Gasteiger partial charge on any atom is -0.321 e. The van der Waals surface area contributed by atoms with Gasteiger partial charge in [-0.25, -0.2) is 0 Å². The standard InChI is InChI=1S/C14H20ClN/c1-13(2)7-4-8-14(16,10-13)11-5-3-6-12(15)9-11/h3,5-6,9H,4,7-8,10,16H2,1-2H3. The highest BCUT2D eigenvalue weighted by atomic mass is 35.5. The SMILES string of the molecule is CC1(C)CCCC(N)(c2cccc(Cl)c2)C1. The number of halogens is 1. The molecule has 88 valence electrons. The predicted molar refractivity (Wildman–Crippen MR) is 69.6 cm³/mol. The highest BCUT2D eigenvalue weighted by Crippen LogP contribution is 2.44. The summed E-state index contributed by atoms with van der Waals surface area (Å²) in [7, 11) is 0. The van der Waals surface area contributed by atoms with Gasteiger partial charge in [0.2, 0.25) is 0 Å². The fraction of sp³-hybridized carbons (Fsp3) is 0.571. The Morgan fingerprint density at radius 1 is 1.25 bits per heavy atom. The quantitative estimate of drug-likeness (QED) is 0.782. The van der Waals surface area contributed by atoms with Crippen molar-refractivity contribution < 1.29 is 0 Å². The topological polar surface area (TPSA) is 26.0 Å². The fourth-order valence-electron chi connectivity index (χ4n) is 2.96. The van der Waals surface area contributed by atoms with Gasteiger partial charge in [0.15, 0.2) is 0 Å².